The molecule has 0 aliphatic rings. The first-order chi connectivity index (χ1) is 12.7. The number of benzene rings is 2. The third kappa shape index (κ3) is 3.97. The molecule has 0 saturated carbocycles. The van der Waals surface area contributed by atoms with Gasteiger partial charge in [0.1, 0.15) is 0 Å². The van der Waals surface area contributed by atoms with Crippen molar-refractivity contribution < 1.29 is 51.0 Å². The summed E-state index contributed by atoms with van der Waals surface area (Å²) >= 11 is 0. The Kier molecular flexibility index (Phi) is 7.57. The molecule has 0 unspecified atom stereocenters. The van der Waals surface area contributed by atoms with E-state index in [1.807, 2.05) is 0 Å². The zero-order chi connectivity index (χ0) is 17.7. The Bertz CT molecular complexity index is 1260. The number of aromatic nitrogens is 2. The molecule has 0 bridgehead atoms. The van der Waals surface area contributed by atoms with E-state index in [-0.39, 0.29) is 51.0 Å². The number of rotatable bonds is 0. The van der Waals surface area contributed by atoms with Gasteiger partial charge in [-0.2, -0.15) is 0 Å². The minimum Gasteiger partial charge on any atom is -1.00 e. The van der Waals surface area contributed by atoms with E-state index in [4.69, 9.17) is 0 Å². The van der Waals surface area contributed by atoms with Crippen molar-refractivity contribution in [3.8, 4) is 0 Å². The molecule has 144 valence electrons. The molecule has 5 heteroatoms. The maximum absolute atomic E-state index is 2.24. The molecule has 6 aromatic rings. The van der Waals surface area contributed by atoms with Crippen molar-refractivity contribution in [3.05, 3.63) is 85.2 Å². The molecule has 0 aliphatic carbocycles. The normalized spacial score (nSPS) is 10.3. The van der Waals surface area contributed by atoms with Gasteiger partial charge in [0.05, 0.1) is 0 Å². The summed E-state index contributed by atoms with van der Waals surface area (Å²) in [6, 6.07) is 25.9. The molecule has 29 heavy (non-hydrogen) atoms. The fraction of sp³-hybridized carbons (Fsp3) is 0.0833. The number of hydrogen-bond donors (Lipinski definition) is 0. The van der Waals surface area contributed by atoms with E-state index in [0.717, 1.165) is 0 Å². The van der Waals surface area contributed by atoms with E-state index < -0.39 is 0 Å². The summed E-state index contributed by atoms with van der Waals surface area (Å²) in [5, 5.41) is 8.11. The fourth-order valence-electron chi connectivity index (χ4n) is 3.93. The van der Waals surface area contributed by atoms with Crippen LogP contribution in [-0.4, -0.2) is 9.13 Å². The molecule has 6 rings (SSSR count). The van der Waals surface area contributed by atoms with Crippen LogP contribution < -0.4 is 24.8 Å². The van der Waals surface area contributed by atoms with Crippen molar-refractivity contribution in [1.29, 1.82) is 0 Å². The van der Waals surface area contributed by atoms with E-state index in [1.165, 1.54) is 43.4 Å². The molecule has 0 N–H and O–H groups in total. The molecule has 0 aliphatic heterocycles. The maximum atomic E-state index is 2.24. The maximum Gasteiger partial charge on any atom is 4.00 e. The Balaban J connectivity index is 0.000000187. The van der Waals surface area contributed by atoms with Crippen molar-refractivity contribution in [2.45, 2.75) is 0 Å². The van der Waals surface area contributed by atoms with Crippen molar-refractivity contribution >= 4 is 43.4 Å². The molecule has 0 amide bonds. The number of hydrogen-bond acceptors (Lipinski definition) is 0. The smallest absolute Gasteiger partial charge is 1.00 e. The summed E-state index contributed by atoms with van der Waals surface area (Å²) in [6.07, 6.45) is 4.22. The Morgan fingerprint density at radius 3 is 1.34 bits per heavy atom. The number of aryl methyl sites for hydroxylation is 2. The largest absolute Gasteiger partial charge is 4.00 e. The van der Waals surface area contributed by atoms with Crippen molar-refractivity contribution in [2.24, 2.45) is 14.1 Å². The molecule has 0 spiro atoms. The van der Waals surface area contributed by atoms with Crippen LogP contribution in [-0.2, 0) is 40.3 Å². The monoisotopic (exact) mass is 496 g/mol. The predicted molar refractivity (Wildman–Crippen MR) is 112 cm³/mol. The zero-order valence-corrected chi connectivity index (χ0v) is 20.2. The first-order valence-corrected chi connectivity index (χ1v) is 8.91. The second-order valence-electron chi connectivity index (χ2n) is 6.91. The SMILES string of the molecule is Cn1ccc2c3ccccc3[cH-]c21.Cn1ccc2c3ccccc3[cH-]c21.[Cl-].[Cl-].[Zr+4]. The van der Waals surface area contributed by atoms with Crippen molar-refractivity contribution in [2.75, 3.05) is 0 Å². The van der Waals surface area contributed by atoms with E-state index in [2.05, 4.69) is 108 Å². The summed E-state index contributed by atoms with van der Waals surface area (Å²) in [6.45, 7) is 0. The van der Waals surface area contributed by atoms with E-state index >= 15 is 0 Å². The molecule has 0 atom stereocenters. The van der Waals surface area contributed by atoms with Crippen molar-refractivity contribution in [3.63, 3.8) is 0 Å². The fourth-order valence-corrected chi connectivity index (χ4v) is 3.93. The summed E-state index contributed by atoms with van der Waals surface area (Å²) < 4.78 is 4.32. The Labute approximate surface area is 201 Å². The molecule has 0 saturated heterocycles. The summed E-state index contributed by atoms with van der Waals surface area (Å²) in [4.78, 5) is 0. The van der Waals surface area contributed by atoms with Gasteiger partial charge in [0.15, 0.2) is 0 Å². The Morgan fingerprint density at radius 2 is 0.931 bits per heavy atom. The van der Waals surface area contributed by atoms with Gasteiger partial charge in [0, 0.05) is 14.1 Å². The van der Waals surface area contributed by atoms with E-state index in [1.54, 1.807) is 0 Å². The van der Waals surface area contributed by atoms with Gasteiger partial charge in [-0.15, -0.1) is 80.8 Å². The quantitative estimate of drug-likeness (QED) is 0.263. The third-order valence-corrected chi connectivity index (χ3v) is 5.33. The van der Waals surface area contributed by atoms with Gasteiger partial charge in [-0.3, -0.25) is 0 Å². The Morgan fingerprint density at radius 1 is 0.552 bits per heavy atom. The molecule has 2 heterocycles. The van der Waals surface area contributed by atoms with Gasteiger partial charge in [-0.1, -0.05) is 24.3 Å². The van der Waals surface area contributed by atoms with Crippen LogP contribution in [0.4, 0.5) is 0 Å². The second-order valence-corrected chi connectivity index (χ2v) is 6.91. The number of halogens is 2. The van der Waals surface area contributed by atoms with Gasteiger partial charge in [-0.05, 0) is 23.4 Å². The van der Waals surface area contributed by atoms with Crippen molar-refractivity contribution in [1.82, 2.24) is 9.13 Å². The molecular weight excluding hydrogens is 478 g/mol. The first-order valence-electron chi connectivity index (χ1n) is 8.91. The number of nitrogens with zero attached hydrogens (tertiary/aromatic N) is 2. The molecule has 2 aromatic heterocycles. The van der Waals surface area contributed by atoms with Crippen LogP contribution in [0.3, 0.4) is 0 Å². The molecule has 4 aromatic carbocycles. The van der Waals surface area contributed by atoms with E-state index in [0.29, 0.717) is 0 Å². The minimum absolute atomic E-state index is 0. The molecule has 2 nitrogen and oxygen atoms in total. The van der Waals surface area contributed by atoms with Crippen LogP contribution in [0.2, 0.25) is 0 Å². The Hall–Kier alpha value is -1.80. The average molecular weight is 499 g/mol. The average Bonchev–Trinajstić information content (AvgIpc) is 3.39. The predicted octanol–water partition coefficient (Wildman–Crippen LogP) is 0.106. The standard InChI is InChI=1S/2C12H10N.2ClH.Zr/c2*1-13-7-6-11-10-5-3-2-4-9(10)8-12(11)13;;;/h2*2-8H,1H3;2*1H;/q2*-1;;;+4/p-2. The molecular formula is C24H20Cl2N2Zr. The van der Waals surface area contributed by atoms with Crippen LogP contribution >= 0.6 is 0 Å². The van der Waals surface area contributed by atoms with Gasteiger partial charge in [0.25, 0.3) is 0 Å². The molecule has 0 radical (unpaired) electrons. The molecule has 0 fully saturated rings. The third-order valence-electron chi connectivity index (χ3n) is 5.33. The number of fused-ring (bicyclic) bond motifs is 6. The summed E-state index contributed by atoms with van der Waals surface area (Å²) in [5.74, 6) is 0. The van der Waals surface area contributed by atoms with Crippen LogP contribution in [0.25, 0.3) is 43.4 Å². The zero-order valence-electron chi connectivity index (χ0n) is 16.2. The van der Waals surface area contributed by atoms with Gasteiger partial charge in [-0.25, -0.2) is 0 Å². The van der Waals surface area contributed by atoms with Crippen LogP contribution in [0.15, 0.2) is 85.2 Å². The van der Waals surface area contributed by atoms with Crippen LogP contribution in [0.1, 0.15) is 0 Å². The summed E-state index contributed by atoms with van der Waals surface area (Å²) in [5.41, 5.74) is 2.64. The van der Waals surface area contributed by atoms with Gasteiger partial charge in [0.2, 0.25) is 0 Å². The second kappa shape index (κ2) is 9.34. The van der Waals surface area contributed by atoms with E-state index in [9.17, 15) is 0 Å². The minimum atomic E-state index is 0. The van der Waals surface area contributed by atoms with Gasteiger partial charge < -0.3 is 33.9 Å². The van der Waals surface area contributed by atoms with Crippen LogP contribution in [0.5, 0.6) is 0 Å². The van der Waals surface area contributed by atoms with Crippen LogP contribution in [0, 0.1) is 0 Å². The topological polar surface area (TPSA) is 9.86 Å². The first kappa shape index (κ1) is 23.5. The summed E-state index contributed by atoms with van der Waals surface area (Å²) in [7, 11) is 4.17. The van der Waals surface area contributed by atoms with Gasteiger partial charge >= 0.3 is 26.2 Å².